The van der Waals surface area contributed by atoms with Crippen molar-refractivity contribution in [3.8, 4) is 0 Å². The van der Waals surface area contributed by atoms with Gasteiger partial charge in [-0.3, -0.25) is 4.79 Å². The Hall–Kier alpha value is -0.870. The average Bonchev–Trinajstić information content (AvgIpc) is 2.96. The van der Waals surface area contributed by atoms with Crippen LogP contribution in [0, 0.1) is 11.3 Å². The summed E-state index contributed by atoms with van der Waals surface area (Å²) in [5, 5.41) is 2.13. The van der Waals surface area contributed by atoms with Crippen molar-refractivity contribution < 1.29 is 4.79 Å². The Morgan fingerprint density at radius 1 is 1.26 bits per heavy atom. The number of fused-ring (bicyclic) bond motifs is 1. The lowest BCUT2D eigenvalue weighted by molar-refractivity contribution is 0.0642. The van der Waals surface area contributed by atoms with E-state index in [1.807, 2.05) is 11.3 Å². The van der Waals surface area contributed by atoms with E-state index in [2.05, 4.69) is 42.9 Å². The predicted octanol–water partition coefficient (Wildman–Crippen LogP) is 3.68. The zero-order valence-corrected chi connectivity index (χ0v) is 15.8. The van der Waals surface area contributed by atoms with Crippen LogP contribution in [0.25, 0.3) is 0 Å². The molecule has 3 rings (SSSR count). The molecule has 2 aliphatic rings. The minimum Gasteiger partial charge on any atom is -0.336 e. The Labute approximate surface area is 144 Å². The summed E-state index contributed by atoms with van der Waals surface area (Å²) in [6.07, 6.45) is 3.45. The van der Waals surface area contributed by atoms with E-state index < -0.39 is 0 Å². The van der Waals surface area contributed by atoms with Gasteiger partial charge < -0.3 is 9.80 Å². The molecule has 1 aliphatic heterocycles. The van der Waals surface area contributed by atoms with Gasteiger partial charge in [-0.15, -0.1) is 11.3 Å². The molecule has 0 radical (unpaired) electrons. The Balaban J connectivity index is 1.71. The highest BCUT2D eigenvalue weighted by molar-refractivity contribution is 7.10. The zero-order chi connectivity index (χ0) is 16.6. The lowest BCUT2D eigenvalue weighted by atomic mass is 9.72. The van der Waals surface area contributed by atoms with Gasteiger partial charge in [0.2, 0.25) is 0 Å². The summed E-state index contributed by atoms with van der Waals surface area (Å²) in [6, 6.07) is 0. The fraction of sp³-hybridized carbons (Fsp3) is 0.737. The second-order valence-corrected chi connectivity index (χ2v) is 9.05. The van der Waals surface area contributed by atoms with E-state index in [1.54, 1.807) is 0 Å². The third-order valence-corrected chi connectivity index (χ3v) is 6.77. The van der Waals surface area contributed by atoms with Crippen LogP contribution in [0.5, 0.6) is 0 Å². The Morgan fingerprint density at radius 2 is 1.96 bits per heavy atom. The second-order valence-electron chi connectivity index (χ2n) is 8.08. The fourth-order valence-corrected chi connectivity index (χ4v) is 5.02. The lowest BCUT2D eigenvalue weighted by Gasteiger charge is -2.35. The minimum atomic E-state index is 0.271. The van der Waals surface area contributed by atoms with Crippen molar-refractivity contribution in [1.29, 1.82) is 0 Å². The van der Waals surface area contributed by atoms with Gasteiger partial charge >= 0.3 is 0 Å². The number of thiophene rings is 1. The molecule has 0 bridgehead atoms. The van der Waals surface area contributed by atoms with Gasteiger partial charge in [-0.1, -0.05) is 27.7 Å². The summed E-state index contributed by atoms with van der Waals surface area (Å²) in [7, 11) is 0. The highest BCUT2D eigenvalue weighted by atomic mass is 32.1. The Bertz CT molecular complexity index is 564. The van der Waals surface area contributed by atoms with Gasteiger partial charge in [0.05, 0.1) is 5.56 Å². The molecular formula is C19H30N2OS. The SMILES string of the molecule is CCN1CCN(C(=O)c2csc3c2CCC(C(C)(C)C)C3)CC1. The molecule has 1 fully saturated rings. The molecular weight excluding hydrogens is 304 g/mol. The Morgan fingerprint density at radius 3 is 2.57 bits per heavy atom. The number of carbonyl (C=O) groups excluding carboxylic acids is 1. The average molecular weight is 335 g/mol. The fourth-order valence-electron chi connectivity index (χ4n) is 3.87. The van der Waals surface area contributed by atoms with Crippen LogP contribution in [-0.4, -0.2) is 48.4 Å². The normalized spacial score (nSPS) is 23.0. The molecule has 23 heavy (non-hydrogen) atoms. The number of piperazine rings is 1. The van der Waals surface area contributed by atoms with Crippen LogP contribution < -0.4 is 0 Å². The number of hydrogen-bond donors (Lipinski definition) is 0. The number of nitrogens with zero attached hydrogens (tertiary/aromatic N) is 2. The smallest absolute Gasteiger partial charge is 0.255 e. The number of likely N-dealkylation sites (N-methyl/N-ethyl adjacent to an activating group) is 1. The van der Waals surface area contributed by atoms with Crippen molar-refractivity contribution in [2.24, 2.45) is 11.3 Å². The first-order valence-corrected chi connectivity index (χ1v) is 9.89. The molecule has 0 aromatic carbocycles. The highest BCUT2D eigenvalue weighted by Gasteiger charge is 2.33. The van der Waals surface area contributed by atoms with E-state index >= 15 is 0 Å². The first-order valence-electron chi connectivity index (χ1n) is 9.01. The number of rotatable bonds is 2. The van der Waals surface area contributed by atoms with Crippen LogP contribution in [0.2, 0.25) is 0 Å². The summed E-state index contributed by atoms with van der Waals surface area (Å²) >= 11 is 1.81. The number of amides is 1. The molecule has 2 heterocycles. The minimum absolute atomic E-state index is 0.271. The molecule has 0 spiro atoms. The number of hydrogen-bond acceptors (Lipinski definition) is 3. The summed E-state index contributed by atoms with van der Waals surface area (Å²) < 4.78 is 0. The van der Waals surface area contributed by atoms with Crippen LogP contribution in [0.3, 0.4) is 0 Å². The maximum atomic E-state index is 12.9. The number of carbonyl (C=O) groups is 1. The maximum Gasteiger partial charge on any atom is 0.255 e. The molecule has 4 heteroatoms. The zero-order valence-electron chi connectivity index (χ0n) is 15.0. The third kappa shape index (κ3) is 3.48. The molecule has 1 aromatic heterocycles. The summed E-state index contributed by atoms with van der Waals surface area (Å²) in [4.78, 5) is 18.9. The van der Waals surface area contributed by atoms with Crippen LogP contribution >= 0.6 is 11.3 Å². The van der Waals surface area contributed by atoms with Gasteiger partial charge in [0, 0.05) is 36.4 Å². The Kier molecular flexibility index (Phi) is 4.84. The van der Waals surface area contributed by atoms with E-state index in [1.165, 1.54) is 16.9 Å². The monoisotopic (exact) mass is 334 g/mol. The van der Waals surface area contributed by atoms with Gasteiger partial charge in [-0.2, -0.15) is 0 Å². The highest BCUT2D eigenvalue weighted by Crippen LogP contribution is 2.40. The van der Waals surface area contributed by atoms with Gasteiger partial charge in [0.1, 0.15) is 0 Å². The molecule has 1 aromatic rings. The van der Waals surface area contributed by atoms with Crippen molar-refractivity contribution in [1.82, 2.24) is 9.80 Å². The standard InChI is InChI=1S/C19H30N2OS/c1-5-20-8-10-21(11-9-20)18(22)16-13-23-17-12-14(19(2,3)4)6-7-15(16)17/h13-14H,5-12H2,1-4H3. The van der Waals surface area contributed by atoms with Gasteiger partial charge in [0.25, 0.3) is 5.91 Å². The van der Waals surface area contributed by atoms with E-state index in [0.717, 1.165) is 57.0 Å². The first kappa shape index (κ1) is 17.0. The van der Waals surface area contributed by atoms with Crippen molar-refractivity contribution in [3.05, 3.63) is 21.4 Å². The molecule has 0 saturated carbocycles. The maximum absolute atomic E-state index is 12.9. The molecule has 128 valence electrons. The molecule has 0 N–H and O–H groups in total. The quantitative estimate of drug-likeness (QED) is 0.824. The van der Waals surface area contributed by atoms with E-state index in [9.17, 15) is 4.79 Å². The van der Waals surface area contributed by atoms with Crippen LogP contribution in [0.4, 0.5) is 0 Å². The predicted molar refractivity (Wildman–Crippen MR) is 97.3 cm³/mol. The van der Waals surface area contributed by atoms with Gasteiger partial charge in [0.15, 0.2) is 0 Å². The summed E-state index contributed by atoms with van der Waals surface area (Å²) in [6.45, 7) is 14.1. The van der Waals surface area contributed by atoms with Gasteiger partial charge in [-0.25, -0.2) is 0 Å². The van der Waals surface area contributed by atoms with Crippen molar-refractivity contribution in [2.75, 3.05) is 32.7 Å². The van der Waals surface area contributed by atoms with E-state index in [4.69, 9.17) is 0 Å². The molecule has 1 unspecified atom stereocenters. The largest absolute Gasteiger partial charge is 0.336 e. The van der Waals surface area contributed by atoms with E-state index in [-0.39, 0.29) is 5.91 Å². The van der Waals surface area contributed by atoms with Crippen LogP contribution in [-0.2, 0) is 12.8 Å². The van der Waals surface area contributed by atoms with Crippen LogP contribution in [0.1, 0.15) is 54.9 Å². The van der Waals surface area contributed by atoms with Crippen molar-refractivity contribution in [2.45, 2.75) is 47.0 Å². The second kappa shape index (κ2) is 6.56. The topological polar surface area (TPSA) is 23.6 Å². The lowest BCUT2D eigenvalue weighted by Crippen LogP contribution is -2.48. The molecule has 3 nitrogen and oxygen atoms in total. The van der Waals surface area contributed by atoms with Crippen molar-refractivity contribution in [3.63, 3.8) is 0 Å². The first-order chi connectivity index (χ1) is 10.9. The summed E-state index contributed by atoms with van der Waals surface area (Å²) in [5.41, 5.74) is 2.73. The molecule has 1 atom stereocenters. The van der Waals surface area contributed by atoms with E-state index in [0.29, 0.717) is 5.41 Å². The molecule has 1 amide bonds. The van der Waals surface area contributed by atoms with Crippen molar-refractivity contribution >= 4 is 17.2 Å². The molecule has 1 aliphatic carbocycles. The molecule has 1 saturated heterocycles. The summed E-state index contributed by atoms with van der Waals surface area (Å²) in [5.74, 6) is 1.01. The van der Waals surface area contributed by atoms with Gasteiger partial charge in [-0.05, 0) is 42.7 Å². The van der Waals surface area contributed by atoms with Crippen LogP contribution in [0.15, 0.2) is 5.38 Å². The third-order valence-electron chi connectivity index (χ3n) is 5.72.